The highest BCUT2D eigenvalue weighted by atomic mass is 31.2. The first-order valence-electron chi connectivity index (χ1n) is 49.0. The van der Waals surface area contributed by atoms with Gasteiger partial charge in [0.05, 0.1) is 38.5 Å². The number of aliphatic hydroxyl groups excluding tert-OH is 1. The molecule has 2 aliphatic rings. The van der Waals surface area contributed by atoms with Gasteiger partial charge in [0.2, 0.25) is 11.8 Å². The molecule has 19 nitrogen and oxygen atoms in total. The van der Waals surface area contributed by atoms with Crippen molar-refractivity contribution in [1.82, 2.24) is 10.2 Å². The molecule has 0 aromatic heterocycles. The average molecular weight is 1650 g/mol. The van der Waals surface area contributed by atoms with E-state index in [1.807, 2.05) is 0 Å². The summed E-state index contributed by atoms with van der Waals surface area (Å²) in [5, 5.41) is 14.1. The SMILES string of the molecule is CCCCCCCCCCCCCC(=O)O[C@H](CCCCCCCCCCC)CC(=O)O[C@@H]1[C@@H](NC(=O)C[C@H](CCCCCCCCCCC)OC(=O)CCCCCCCCCCCCC)[C@H](OCC2CCCN2C(=O)C[C@@H](CCCCCCCCCCC)OC(=O)CCCCCCCCCCCCC)O[C@H](CO)[C@H]1OP(=O)(O)O. The Bertz CT molecular complexity index is 2360. The molecule has 0 aliphatic carbocycles. The van der Waals surface area contributed by atoms with Crippen LogP contribution in [-0.2, 0) is 66.3 Å². The number of phosphoric ester groups is 1. The number of unbranched alkanes of at least 4 members (excludes halogenated alkanes) is 54. The number of esters is 4. The normalized spacial score (nSPS) is 17.9. The second-order valence-corrected chi connectivity index (χ2v) is 35.9. The Labute approximate surface area is 703 Å². The van der Waals surface area contributed by atoms with Crippen LogP contribution in [0.1, 0.15) is 497 Å². The van der Waals surface area contributed by atoms with Crippen molar-refractivity contribution in [3.05, 3.63) is 0 Å². The summed E-state index contributed by atoms with van der Waals surface area (Å²) in [5.74, 6) is -2.89. The fourth-order valence-corrected chi connectivity index (χ4v) is 17.2. The predicted molar refractivity (Wildman–Crippen MR) is 467 cm³/mol. The molecule has 2 amide bonds. The first-order chi connectivity index (χ1) is 56.0. The zero-order chi connectivity index (χ0) is 83.7. The standard InChI is InChI=1S/C95H179N2O17P/c1-7-13-19-25-31-37-40-46-52-58-64-72-88(101)109-82(69-61-55-49-43-34-28-22-16-10-4)76-86(99)96-92-94(113-91(104)78-84(71-63-57-51-45-36-30-24-18-12-6)111-90(103)74-66-60-54-48-42-39-33-27-21-15-9-3)93(114-115(105,106)107)85(79-98)112-95(92)108-80-81-68-67-75-97(81)87(100)77-83(70-62-56-50-44-35-29-23-17-11-5)110-89(102)73-65-59-53-47-41-38-32-26-20-14-8-2/h81-85,92-95,98H,7-80H2,1-6H3,(H,96,99)(H2,105,106,107)/t81?,82-,83+,84+,85+,92+,93+,94+,95+/m0/s1. The van der Waals surface area contributed by atoms with Crippen molar-refractivity contribution in [3.8, 4) is 0 Å². The van der Waals surface area contributed by atoms with E-state index in [0.29, 0.717) is 70.8 Å². The molecule has 9 atom stereocenters. The molecule has 115 heavy (non-hydrogen) atoms. The lowest BCUT2D eigenvalue weighted by molar-refractivity contribution is -0.273. The zero-order valence-corrected chi connectivity index (χ0v) is 75.9. The van der Waals surface area contributed by atoms with Gasteiger partial charge in [-0.25, -0.2) is 4.57 Å². The van der Waals surface area contributed by atoms with Crippen LogP contribution in [0.5, 0.6) is 0 Å². The molecule has 1 unspecified atom stereocenters. The minimum Gasteiger partial charge on any atom is -0.462 e. The van der Waals surface area contributed by atoms with Gasteiger partial charge in [0.15, 0.2) is 12.4 Å². The van der Waals surface area contributed by atoms with E-state index in [0.717, 1.165) is 141 Å². The van der Waals surface area contributed by atoms with Gasteiger partial charge in [-0.1, -0.05) is 388 Å². The first kappa shape index (κ1) is 108. The number of carbonyl (C=O) groups excluding carboxylic acids is 6. The van der Waals surface area contributed by atoms with Crippen molar-refractivity contribution in [3.63, 3.8) is 0 Å². The Hall–Kier alpha value is -3.19. The van der Waals surface area contributed by atoms with E-state index in [-0.39, 0.29) is 44.2 Å². The quantitative estimate of drug-likeness (QED) is 0.0191. The second kappa shape index (κ2) is 75.8. The highest BCUT2D eigenvalue weighted by Crippen LogP contribution is 2.43. The summed E-state index contributed by atoms with van der Waals surface area (Å²) < 4.78 is 56.7. The van der Waals surface area contributed by atoms with Crippen molar-refractivity contribution in [2.75, 3.05) is 19.8 Å². The van der Waals surface area contributed by atoms with Gasteiger partial charge in [0, 0.05) is 25.8 Å². The number of aliphatic hydroxyl groups is 1. The lowest BCUT2D eigenvalue weighted by Gasteiger charge is -2.45. The van der Waals surface area contributed by atoms with Gasteiger partial charge in [-0.2, -0.15) is 0 Å². The molecule has 2 heterocycles. The third kappa shape index (κ3) is 60.9. The van der Waals surface area contributed by atoms with Gasteiger partial charge in [-0.3, -0.25) is 33.3 Å². The lowest BCUT2D eigenvalue weighted by Crippen LogP contribution is -2.66. The summed E-state index contributed by atoms with van der Waals surface area (Å²) in [6.45, 7) is 12.7. The maximum Gasteiger partial charge on any atom is 0.470 e. The van der Waals surface area contributed by atoms with Crippen molar-refractivity contribution < 1.29 is 81.2 Å². The molecule has 0 radical (unpaired) electrons. The minimum atomic E-state index is -5.49. The fourth-order valence-electron chi connectivity index (χ4n) is 16.7. The van der Waals surface area contributed by atoms with Crippen molar-refractivity contribution >= 4 is 43.5 Å². The molecule has 0 saturated carbocycles. The average Bonchev–Trinajstić information content (AvgIpc) is 0.826. The minimum absolute atomic E-state index is 0.0129. The van der Waals surface area contributed by atoms with E-state index in [1.165, 1.54) is 218 Å². The maximum absolute atomic E-state index is 15.1. The molecule has 2 aliphatic heterocycles. The molecule has 676 valence electrons. The molecule has 0 aromatic rings. The Morgan fingerprint density at radius 1 is 0.391 bits per heavy atom. The van der Waals surface area contributed by atoms with Crippen molar-refractivity contribution in [2.24, 2.45) is 0 Å². The molecule has 20 heteroatoms. The predicted octanol–water partition coefficient (Wildman–Crippen LogP) is 25.4. The van der Waals surface area contributed by atoms with Crippen LogP contribution in [0.4, 0.5) is 0 Å². The Balaban J connectivity index is 2.60. The van der Waals surface area contributed by atoms with E-state index >= 15 is 4.79 Å². The molecule has 2 fully saturated rings. The van der Waals surface area contributed by atoms with E-state index < -0.39 is 99.7 Å². The summed E-state index contributed by atoms with van der Waals surface area (Å²) in [5.41, 5.74) is 0. The van der Waals surface area contributed by atoms with Crippen LogP contribution >= 0.6 is 7.82 Å². The van der Waals surface area contributed by atoms with E-state index in [2.05, 4.69) is 46.9 Å². The van der Waals surface area contributed by atoms with E-state index in [4.69, 9.17) is 32.9 Å². The van der Waals surface area contributed by atoms with Gasteiger partial charge >= 0.3 is 31.7 Å². The number of hydrogen-bond donors (Lipinski definition) is 4. The number of phosphoric acid groups is 1. The molecule has 0 spiro atoms. The van der Waals surface area contributed by atoms with Crippen molar-refractivity contribution in [1.29, 1.82) is 0 Å². The Morgan fingerprint density at radius 3 is 1.00 bits per heavy atom. The summed E-state index contributed by atoms with van der Waals surface area (Å²) in [7, 11) is -5.49. The lowest BCUT2D eigenvalue weighted by atomic mass is 9.95. The van der Waals surface area contributed by atoms with E-state index in [9.17, 15) is 43.4 Å². The van der Waals surface area contributed by atoms with Crippen LogP contribution in [0, 0.1) is 0 Å². The molecule has 4 N–H and O–H groups in total. The Kier molecular flexibility index (Phi) is 71.1. The third-order valence-corrected chi connectivity index (χ3v) is 24.3. The third-order valence-electron chi connectivity index (χ3n) is 23.8. The summed E-state index contributed by atoms with van der Waals surface area (Å²) >= 11 is 0. The summed E-state index contributed by atoms with van der Waals surface area (Å²) in [4.78, 5) is 109. The van der Waals surface area contributed by atoms with Crippen LogP contribution in [0.15, 0.2) is 0 Å². The Morgan fingerprint density at radius 2 is 0.687 bits per heavy atom. The number of nitrogens with one attached hydrogen (secondary N) is 1. The van der Waals surface area contributed by atoms with E-state index in [1.54, 1.807) is 4.90 Å². The number of rotatable bonds is 83. The monoisotopic (exact) mass is 1650 g/mol. The van der Waals surface area contributed by atoms with Crippen LogP contribution in [0.25, 0.3) is 0 Å². The number of nitrogens with zero attached hydrogens (tertiary/aromatic N) is 1. The highest BCUT2D eigenvalue weighted by Gasteiger charge is 2.53. The number of ether oxygens (including phenoxy) is 6. The van der Waals surface area contributed by atoms with Crippen LogP contribution in [0.3, 0.4) is 0 Å². The van der Waals surface area contributed by atoms with Gasteiger partial charge in [0.1, 0.15) is 36.6 Å². The van der Waals surface area contributed by atoms with Gasteiger partial charge in [-0.05, 0) is 70.6 Å². The fraction of sp³-hybridized carbons (Fsp3) is 0.937. The van der Waals surface area contributed by atoms with Gasteiger partial charge in [0.25, 0.3) is 0 Å². The first-order valence-corrected chi connectivity index (χ1v) is 50.5. The topological polar surface area (TPSA) is 260 Å². The zero-order valence-electron chi connectivity index (χ0n) is 75.0. The molecule has 2 saturated heterocycles. The second-order valence-electron chi connectivity index (χ2n) is 34.7. The van der Waals surface area contributed by atoms with Gasteiger partial charge < -0.3 is 53.5 Å². The summed E-state index contributed by atoms with van der Waals surface area (Å²) in [6, 6.07) is -2.10. The highest BCUT2D eigenvalue weighted by molar-refractivity contribution is 7.46. The largest absolute Gasteiger partial charge is 0.470 e. The smallest absolute Gasteiger partial charge is 0.462 e. The van der Waals surface area contributed by atoms with Crippen LogP contribution in [0.2, 0.25) is 0 Å². The number of hydrogen-bond acceptors (Lipinski definition) is 15. The molecular formula is C95H179N2O17P. The number of amides is 2. The van der Waals surface area contributed by atoms with Gasteiger partial charge in [-0.15, -0.1) is 0 Å². The molecule has 2 rings (SSSR count). The molecular weight excluding hydrogens is 1470 g/mol. The molecule has 0 bridgehead atoms. The number of likely N-dealkylation sites (tertiary alicyclic amines) is 1. The molecule has 0 aromatic carbocycles. The summed E-state index contributed by atoms with van der Waals surface area (Å²) in [6.07, 6.45) is 59.7. The number of carbonyl (C=O) groups is 6. The maximum atomic E-state index is 15.1. The van der Waals surface area contributed by atoms with Crippen molar-refractivity contribution in [2.45, 2.75) is 552 Å². The van der Waals surface area contributed by atoms with Crippen LogP contribution in [-0.4, -0.2) is 130 Å². The van der Waals surface area contributed by atoms with Crippen LogP contribution < -0.4 is 5.32 Å².